The van der Waals surface area contributed by atoms with Crippen molar-refractivity contribution in [2.24, 2.45) is 13.7 Å². The molecular formula is C47H60N5O12S4+. The second-order valence-corrected chi connectivity index (χ2v) is 23.8. The first-order valence-electron chi connectivity index (χ1n) is 22.5. The van der Waals surface area contributed by atoms with Gasteiger partial charge in [0.25, 0.3) is 10.0 Å². The standard InChI is InChI=1S/C47H60N5O12S4/c1-7-9-10-19-36(16-8-2)64-45-34(20-26-43-46(3,4)39-32-37(67(60,61)49-54)22-24-41(39)51(43)28-11-13-30-65(56)57)17-15-18-35(45)21-27-44-47(5,6)40-33-38(68(62,63)50-55)23-25-42(40)52(44)29-12-14-31-66(58,59)48-53/h8-10,16,19,21-25,27,32-33,65H,7,11-15,17-18,20,26,28-31H2,1-6H3/q+1/b10-9+,16-8-,35-21+,36-19+,44-27+. The van der Waals surface area contributed by atoms with Crippen molar-refractivity contribution in [1.29, 1.82) is 0 Å². The molecule has 0 bridgehead atoms. The zero-order valence-electron chi connectivity index (χ0n) is 39.2. The molecule has 0 saturated heterocycles. The molecule has 68 heavy (non-hydrogen) atoms. The minimum atomic E-state index is -4.46. The van der Waals surface area contributed by atoms with E-state index in [1.807, 2.05) is 89.0 Å². The quantitative estimate of drug-likeness (QED) is 0.0258. The van der Waals surface area contributed by atoms with Crippen LogP contribution in [0.15, 0.2) is 131 Å². The number of unbranched alkanes of at least 4 members (excludes halogenated alkanes) is 2. The van der Waals surface area contributed by atoms with Crippen LogP contribution in [-0.2, 0) is 56.3 Å². The third-order valence-electron chi connectivity index (χ3n) is 12.6. The molecule has 0 saturated carbocycles. The molecule has 0 amide bonds. The highest BCUT2D eigenvalue weighted by atomic mass is 32.2. The van der Waals surface area contributed by atoms with Crippen LogP contribution in [0, 0.1) is 14.7 Å². The van der Waals surface area contributed by atoms with Gasteiger partial charge in [-0.3, -0.25) is 0 Å². The summed E-state index contributed by atoms with van der Waals surface area (Å²) in [6, 6.07) is 8.89. The first kappa shape index (κ1) is 53.7. The van der Waals surface area contributed by atoms with Crippen LogP contribution in [0.1, 0.15) is 117 Å². The fourth-order valence-electron chi connectivity index (χ4n) is 9.13. The van der Waals surface area contributed by atoms with Gasteiger partial charge >= 0.3 is 20.0 Å². The zero-order chi connectivity index (χ0) is 50.1. The van der Waals surface area contributed by atoms with Gasteiger partial charge in [-0.25, -0.2) is 16.8 Å². The molecule has 2 aromatic carbocycles. The fraction of sp³-hybridized carbons (Fsp3) is 0.468. The number of anilines is 1. The SMILES string of the molecule is C\C=C/C(=C\C=C\CC)OC1=C(CCC2=[N+](CCCC[SH](=O)=O)c3ccc(S(=O)(=O)N=O)cc3C2(C)C)CCC/C1=C\C=C1\N(CCCCS(=O)(=O)N=O)c2ccc(S(=O)(=O)N=O)cc2C1(C)C. The van der Waals surface area contributed by atoms with Crippen LogP contribution in [-0.4, -0.2) is 68.6 Å². The molecule has 3 aliphatic rings. The lowest BCUT2D eigenvalue weighted by Crippen LogP contribution is -2.30. The number of ether oxygens (including phenoxy) is 1. The Kier molecular flexibility index (Phi) is 17.7. The first-order valence-corrected chi connectivity index (χ1v) is 28.3. The van der Waals surface area contributed by atoms with Crippen LogP contribution in [0.2, 0.25) is 0 Å². The zero-order valence-corrected chi connectivity index (χ0v) is 42.6. The largest absolute Gasteiger partial charge is 0.457 e. The van der Waals surface area contributed by atoms with Gasteiger partial charge in [-0.15, -0.1) is 14.7 Å². The van der Waals surface area contributed by atoms with Crippen LogP contribution in [0.3, 0.4) is 0 Å². The Labute approximate surface area is 401 Å². The summed E-state index contributed by atoms with van der Waals surface area (Å²) in [6.07, 6.45) is 19.0. The predicted octanol–water partition coefficient (Wildman–Crippen LogP) is 9.51. The van der Waals surface area contributed by atoms with Gasteiger partial charge in [-0.1, -0.05) is 45.1 Å². The molecule has 2 aromatic rings. The minimum absolute atomic E-state index is 0.0381. The van der Waals surface area contributed by atoms with Gasteiger partial charge in [-0.2, -0.15) is 21.4 Å². The van der Waals surface area contributed by atoms with E-state index < -0.39 is 57.4 Å². The molecule has 2 aliphatic heterocycles. The van der Waals surface area contributed by atoms with Crippen LogP contribution in [0.5, 0.6) is 0 Å². The third kappa shape index (κ3) is 12.3. The van der Waals surface area contributed by atoms with E-state index in [-0.39, 0.29) is 22.0 Å². The van der Waals surface area contributed by atoms with E-state index in [0.717, 1.165) is 41.1 Å². The number of thiol groups is 1. The van der Waals surface area contributed by atoms with Gasteiger partial charge in [0.1, 0.15) is 28.8 Å². The molecule has 0 unspecified atom stereocenters. The number of fused-ring (bicyclic) bond motifs is 2. The Morgan fingerprint density at radius 3 is 2.13 bits per heavy atom. The maximum atomic E-state index is 12.6. The Bertz CT molecular complexity index is 2950. The molecule has 0 N–H and O–H groups in total. The van der Waals surface area contributed by atoms with Gasteiger partial charge in [-0.05, 0) is 137 Å². The van der Waals surface area contributed by atoms with Crippen molar-refractivity contribution in [3.05, 3.63) is 133 Å². The van der Waals surface area contributed by atoms with Crippen molar-refractivity contribution in [1.82, 2.24) is 0 Å². The number of hydrogen-bond donors (Lipinski definition) is 1. The molecule has 0 aromatic heterocycles. The molecule has 1 aliphatic carbocycles. The van der Waals surface area contributed by atoms with Gasteiger partial charge < -0.3 is 9.64 Å². The van der Waals surface area contributed by atoms with Crippen LogP contribution in [0.25, 0.3) is 0 Å². The monoisotopic (exact) mass is 1010 g/mol. The van der Waals surface area contributed by atoms with E-state index in [0.29, 0.717) is 86.4 Å². The van der Waals surface area contributed by atoms with Gasteiger partial charge in [0, 0.05) is 53.6 Å². The number of nitroso groups, excluding NO2 is 3. The van der Waals surface area contributed by atoms with Crippen LogP contribution >= 0.6 is 0 Å². The summed E-state index contributed by atoms with van der Waals surface area (Å²) in [5, 5.41) is 0. The maximum Gasteiger partial charge on any atom is 0.316 e. The van der Waals surface area contributed by atoms with Crippen molar-refractivity contribution in [2.75, 3.05) is 29.5 Å². The molecule has 5 rings (SSSR count). The molecule has 21 heteroatoms. The molecule has 17 nitrogen and oxygen atoms in total. The van der Waals surface area contributed by atoms with E-state index in [9.17, 15) is 48.4 Å². The van der Waals surface area contributed by atoms with Crippen molar-refractivity contribution in [2.45, 2.75) is 126 Å². The summed E-state index contributed by atoms with van der Waals surface area (Å²) in [6.45, 7) is 12.5. The van der Waals surface area contributed by atoms with Gasteiger partial charge in [0.15, 0.2) is 5.71 Å². The number of nitrogens with zero attached hydrogens (tertiary/aromatic N) is 5. The average molecular weight is 1020 g/mol. The lowest BCUT2D eigenvalue weighted by Gasteiger charge is -2.28. The normalized spacial score (nSPS) is 18.6. The maximum absolute atomic E-state index is 12.6. The smallest absolute Gasteiger partial charge is 0.316 e. The second-order valence-electron chi connectivity index (χ2n) is 17.8. The summed E-state index contributed by atoms with van der Waals surface area (Å²) >= 11 is 0. The highest BCUT2D eigenvalue weighted by Gasteiger charge is 2.46. The Morgan fingerprint density at radius 1 is 0.824 bits per heavy atom. The summed E-state index contributed by atoms with van der Waals surface area (Å²) in [4.78, 5) is 35.1. The predicted molar refractivity (Wildman–Crippen MR) is 265 cm³/mol. The molecule has 0 spiro atoms. The molecule has 0 atom stereocenters. The number of hydrogen-bond acceptors (Lipinski definition) is 13. The molecule has 2 heterocycles. The van der Waals surface area contributed by atoms with Gasteiger partial charge in [0.05, 0.1) is 34.7 Å². The lowest BCUT2D eigenvalue weighted by molar-refractivity contribution is -0.440. The number of rotatable bonds is 24. The summed E-state index contributed by atoms with van der Waals surface area (Å²) in [5.41, 5.74) is 4.87. The van der Waals surface area contributed by atoms with Crippen molar-refractivity contribution in [3.63, 3.8) is 0 Å². The van der Waals surface area contributed by atoms with Crippen LogP contribution in [0.4, 0.5) is 11.4 Å². The van der Waals surface area contributed by atoms with E-state index in [4.69, 9.17) is 4.74 Å². The lowest BCUT2D eigenvalue weighted by atomic mass is 9.79. The van der Waals surface area contributed by atoms with E-state index >= 15 is 0 Å². The molecule has 0 radical (unpaired) electrons. The second kappa shape index (κ2) is 22.5. The minimum Gasteiger partial charge on any atom is -0.457 e. The number of benzene rings is 2. The Hall–Kier alpha value is -5.25. The van der Waals surface area contributed by atoms with E-state index in [2.05, 4.69) is 18.3 Å². The van der Waals surface area contributed by atoms with Gasteiger partial charge in [0.2, 0.25) is 5.69 Å². The number of sulfonamides is 3. The van der Waals surface area contributed by atoms with E-state index in [1.165, 1.54) is 24.3 Å². The fourth-order valence-corrected chi connectivity index (χ4v) is 11.4. The van der Waals surface area contributed by atoms with Crippen molar-refractivity contribution >= 4 is 57.9 Å². The summed E-state index contributed by atoms with van der Waals surface area (Å²) < 4.78 is 113. The van der Waals surface area contributed by atoms with Crippen molar-refractivity contribution < 1.29 is 43.0 Å². The average Bonchev–Trinajstić information content (AvgIpc) is 3.65. The third-order valence-corrected chi connectivity index (χ3v) is 16.4. The van der Waals surface area contributed by atoms with E-state index in [1.54, 1.807) is 12.1 Å². The number of allylic oxidation sites excluding steroid dienone is 10. The van der Waals surface area contributed by atoms with Crippen LogP contribution < -0.4 is 4.90 Å². The summed E-state index contributed by atoms with van der Waals surface area (Å²) in [5.74, 6) is 0.871. The highest BCUT2D eigenvalue weighted by molar-refractivity contribution is 7.90. The first-order chi connectivity index (χ1) is 32.1. The molecule has 368 valence electrons. The molecule has 0 fully saturated rings. The van der Waals surface area contributed by atoms with Crippen molar-refractivity contribution in [3.8, 4) is 0 Å². The molecular weight excluding hydrogens is 955 g/mol. The Morgan fingerprint density at radius 2 is 1.50 bits per heavy atom. The summed E-state index contributed by atoms with van der Waals surface area (Å²) in [7, 11) is -15.6. The Balaban J connectivity index is 1.64. The topological polar surface area (TPSA) is 240 Å². The highest BCUT2D eigenvalue weighted by Crippen LogP contribution is 2.49.